The van der Waals surface area contributed by atoms with Crippen molar-refractivity contribution < 1.29 is 24.5 Å². The molecule has 0 spiro atoms. The quantitative estimate of drug-likeness (QED) is 0.305. The lowest BCUT2D eigenvalue weighted by atomic mass is 10.1. The smallest absolute Gasteiger partial charge is 0.380 e. The first kappa shape index (κ1) is 16.2. The highest BCUT2D eigenvalue weighted by Crippen LogP contribution is 2.27. The molecule has 1 heterocycles. The van der Waals surface area contributed by atoms with Gasteiger partial charge in [0.1, 0.15) is 6.10 Å². The first-order chi connectivity index (χ1) is 9.01. The lowest BCUT2D eigenvalue weighted by Crippen LogP contribution is -2.18. The number of thiol groups is 1. The molecule has 0 bridgehead atoms. The van der Waals surface area contributed by atoms with Crippen LogP contribution < -0.4 is 0 Å². The van der Waals surface area contributed by atoms with Gasteiger partial charge in [-0.3, -0.25) is 4.79 Å². The zero-order chi connectivity index (χ0) is 14.4. The molecule has 0 saturated heterocycles. The van der Waals surface area contributed by atoms with Crippen molar-refractivity contribution in [3.8, 4) is 0 Å². The predicted octanol–water partition coefficient (Wildman–Crippen LogP) is 1.21. The van der Waals surface area contributed by atoms with E-state index >= 15 is 0 Å². The van der Waals surface area contributed by atoms with Crippen molar-refractivity contribution in [2.24, 2.45) is 0 Å². The Bertz CT molecular complexity index is 443. The van der Waals surface area contributed by atoms with Crippen LogP contribution in [-0.2, 0) is 9.53 Å². The summed E-state index contributed by atoms with van der Waals surface area (Å²) in [6, 6.07) is 2.96. The van der Waals surface area contributed by atoms with Crippen molar-refractivity contribution in [1.82, 2.24) is 0 Å². The SMILES string of the molecule is CCOC(=O)C(=O)c1ccc(C(O)C(O)CCS)s1. The van der Waals surface area contributed by atoms with Crippen molar-refractivity contribution in [1.29, 1.82) is 0 Å². The minimum Gasteiger partial charge on any atom is -0.460 e. The summed E-state index contributed by atoms with van der Waals surface area (Å²) in [4.78, 5) is 23.5. The Morgan fingerprint density at radius 1 is 1.42 bits per heavy atom. The van der Waals surface area contributed by atoms with Gasteiger partial charge in [-0.1, -0.05) is 0 Å². The molecule has 0 saturated carbocycles. The number of rotatable bonds is 7. The average Bonchev–Trinajstić information content (AvgIpc) is 2.87. The molecule has 19 heavy (non-hydrogen) atoms. The van der Waals surface area contributed by atoms with E-state index in [9.17, 15) is 19.8 Å². The van der Waals surface area contributed by atoms with Crippen molar-refractivity contribution in [2.75, 3.05) is 12.4 Å². The second kappa shape index (κ2) is 7.64. The van der Waals surface area contributed by atoms with E-state index in [0.29, 0.717) is 17.1 Å². The Labute approximate surface area is 120 Å². The molecule has 0 aliphatic rings. The molecule has 1 aromatic heterocycles. The third-order valence-corrected chi connectivity index (χ3v) is 3.81. The van der Waals surface area contributed by atoms with E-state index in [1.165, 1.54) is 12.1 Å². The molecule has 106 valence electrons. The number of aliphatic hydroxyl groups is 2. The summed E-state index contributed by atoms with van der Waals surface area (Å²) >= 11 is 4.94. The molecule has 0 aliphatic carbocycles. The maximum absolute atomic E-state index is 11.6. The Morgan fingerprint density at radius 2 is 2.11 bits per heavy atom. The summed E-state index contributed by atoms with van der Waals surface area (Å²) in [5.74, 6) is -1.21. The van der Waals surface area contributed by atoms with E-state index in [4.69, 9.17) is 0 Å². The second-order valence-electron chi connectivity index (χ2n) is 3.78. The fourth-order valence-corrected chi connectivity index (χ4v) is 2.66. The third kappa shape index (κ3) is 4.31. The lowest BCUT2D eigenvalue weighted by molar-refractivity contribution is -0.137. The summed E-state index contributed by atoms with van der Waals surface area (Å²) in [5, 5.41) is 19.5. The van der Waals surface area contributed by atoms with Crippen LogP contribution in [0.15, 0.2) is 12.1 Å². The topological polar surface area (TPSA) is 83.8 Å². The van der Waals surface area contributed by atoms with Gasteiger partial charge in [-0.05, 0) is 31.2 Å². The van der Waals surface area contributed by atoms with Crippen LogP contribution in [0.3, 0.4) is 0 Å². The van der Waals surface area contributed by atoms with Gasteiger partial charge in [0, 0.05) is 4.88 Å². The number of thiophene rings is 1. The van der Waals surface area contributed by atoms with Crippen LogP contribution in [0.25, 0.3) is 0 Å². The average molecular weight is 304 g/mol. The Balaban J connectivity index is 2.76. The van der Waals surface area contributed by atoms with Gasteiger partial charge in [-0.25, -0.2) is 4.79 Å². The highest BCUT2D eigenvalue weighted by Gasteiger charge is 2.24. The first-order valence-corrected chi connectivity index (χ1v) is 7.24. The number of ketones is 1. The standard InChI is InChI=1S/C12H16O5S2/c1-2-17-12(16)11(15)9-4-3-8(19-9)10(14)7(13)5-6-18/h3-4,7,10,13-14,18H,2,5-6H2,1H3. The summed E-state index contributed by atoms with van der Waals surface area (Å²) in [6.45, 7) is 1.74. The van der Waals surface area contributed by atoms with Crippen molar-refractivity contribution in [3.05, 3.63) is 21.9 Å². The molecule has 2 unspecified atom stereocenters. The van der Waals surface area contributed by atoms with E-state index in [0.717, 1.165) is 11.3 Å². The van der Waals surface area contributed by atoms with E-state index < -0.39 is 24.0 Å². The molecular weight excluding hydrogens is 288 g/mol. The molecule has 1 rings (SSSR count). The largest absolute Gasteiger partial charge is 0.460 e. The van der Waals surface area contributed by atoms with Gasteiger partial charge >= 0.3 is 5.97 Å². The number of ether oxygens (including phenoxy) is 1. The Morgan fingerprint density at radius 3 is 2.68 bits per heavy atom. The van der Waals surface area contributed by atoms with Crippen LogP contribution in [0.5, 0.6) is 0 Å². The number of carbonyl (C=O) groups excluding carboxylic acids is 2. The fraction of sp³-hybridized carbons (Fsp3) is 0.500. The van der Waals surface area contributed by atoms with Crippen molar-refractivity contribution in [2.45, 2.75) is 25.6 Å². The van der Waals surface area contributed by atoms with Crippen LogP contribution >= 0.6 is 24.0 Å². The summed E-state index contributed by atoms with van der Waals surface area (Å²) in [7, 11) is 0. The number of hydrogen-bond donors (Lipinski definition) is 3. The third-order valence-electron chi connectivity index (χ3n) is 2.39. The minimum atomic E-state index is -1.08. The van der Waals surface area contributed by atoms with Gasteiger partial charge < -0.3 is 14.9 Å². The van der Waals surface area contributed by atoms with E-state index in [-0.39, 0.29) is 11.5 Å². The Hall–Kier alpha value is -0.890. The zero-order valence-electron chi connectivity index (χ0n) is 10.4. The molecule has 7 heteroatoms. The molecule has 2 N–H and O–H groups in total. The van der Waals surface area contributed by atoms with Gasteiger partial charge in [0.2, 0.25) is 0 Å². The molecule has 0 fully saturated rings. The molecule has 0 aliphatic heterocycles. The number of Topliss-reactive ketones (excluding diaryl/α,β-unsaturated/α-hetero) is 1. The van der Waals surface area contributed by atoms with Gasteiger partial charge in [-0.2, -0.15) is 12.6 Å². The van der Waals surface area contributed by atoms with Gasteiger partial charge in [0.05, 0.1) is 17.6 Å². The molecule has 0 radical (unpaired) electrons. The summed E-state index contributed by atoms with van der Waals surface area (Å²) < 4.78 is 4.61. The highest BCUT2D eigenvalue weighted by atomic mass is 32.1. The fourth-order valence-electron chi connectivity index (χ4n) is 1.41. The molecule has 5 nitrogen and oxygen atoms in total. The van der Waals surface area contributed by atoms with Crippen LogP contribution in [0.4, 0.5) is 0 Å². The molecule has 0 amide bonds. The van der Waals surface area contributed by atoms with Gasteiger partial charge in [-0.15, -0.1) is 11.3 Å². The monoisotopic (exact) mass is 304 g/mol. The van der Waals surface area contributed by atoms with Crippen molar-refractivity contribution in [3.63, 3.8) is 0 Å². The van der Waals surface area contributed by atoms with Gasteiger partial charge in [0.25, 0.3) is 5.78 Å². The highest BCUT2D eigenvalue weighted by molar-refractivity contribution is 7.80. The van der Waals surface area contributed by atoms with E-state index in [1.807, 2.05) is 0 Å². The molecule has 2 atom stereocenters. The maximum atomic E-state index is 11.6. The second-order valence-corrected chi connectivity index (χ2v) is 5.34. The maximum Gasteiger partial charge on any atom is 0.380 e. The van der Waals surface area contributed by atoms with Crippen molar-refractivity contribution >= 4 is 35.7 Å². The molecule has 0 aromatic carbocycles. The predicted molar refractivity (Wildman–Crippen MR) is 74.7 cm³/mol. The summed E-state index contributed by atoms with van der Waals surface area (Å²) in [5.41, 5.74) is 0. The minimum absolute atomic E-state index is 0.131. The van der Waals surface area contributed by atoms with E-state index in [1.54, 1.807) is 6.92 Å². The lowest BCUT2D eigenvalue weighted by Gasteiger charge is -2.15. The number of aliphatic hydroxyl groups excluding tert-OH is 2. The number of esters is 1. The first-order valence-electron chi connectivity index (χ1n) is 5.79. The molecular formula is C12H16O5S2. The Kier molecular flexibility index (Phi) is 6.50. The molecule has 1 aromatic rings. The van der Waals surface area contributed by atoms with Crippen LogP contribution in [0.2, 0.25) is 0 Å². The number of hydrogen-bond acceptors (Lipinski definition) is 7. The zero-order valence-corrected chi connectivity index (χ0v) is 12.1. The van der Waals surface area contributed by atoms with Gasteiger partial charge in [0.15, 0.2) is 0 Å². The normalized spacial score (nSPS) is 13.9. The van der Waals surface area contributed by atoms with Crippen LogP contribution in [-0.4, -0.2) is 40.4 Å². The van der Waals surface area contributed by atoms with E-state index in [2.05, 4.69) is 17.4 Å². The van der Waals surface area contributed by atoms with Crippen LogP contribution in [0, 0.1) is 0 Å². The summed E-state index contributed by atoms with van der Waals surface area (Å²) in [6.07, 6.45) is -1.69. The number of carbonyl (C=O) groups is 2. The van der Waals surface area contributed by atoms with Crippen LogP contribution in [0.1, 0.15) is 34.0 Å².